The Morgan fingerprint density at radius 1 is 1.37 bits per heavy atom. The summed E-state index contributed by atoms with van der Waals surface area (Å²) in [6.07, 6.45) is 8.51. The highest BCUT2D eigenvalue weighted by molar-refractivity contribution is 5.90. The average molecular weight is 409 g/mol. The number of benzene rings is 1. The predicted octanol–water partition coefficient (Wildman–Crippen LogP) is 4.23. The predicted molar refractivity (Wildman–Crippen MR) is 118 cm³/mol. The highest BCUT2D eigenvalue weighted by Gasteiger charge is 2.45. The van der Waals surface area contributed by atoms with Crippen LogP contribution < -0.4 is 0 Å². The second-order valence-electron chi connectivity index (χ2n) is 8.62. The Labute approximate surface area is 179 Å². The number of hydrogen-bond acceptors (Lipinski definition) is 4. The smallest absolute Gasteiger partial charge is 0.337 e. The largest absolute Gasteiger partial charge is 0.465 e. The lowest BCUT2D eigenvalue weighted by atomic mass is 9.89. The summed E-state index contributed by atoms with van der Waals surface area (Å²) in [4.78, 5) is 11.8. The molecule has 0 radical (unpaired) electrons. The van der Waals surface area contributed by atoms with Gasteiger partial charge in [-0.05, 0) is 61.6 Å². The summed E-state index contributed by atoms with van der Waals surface area (Å²) in [6, 6.07) is 7.48. The van der Waals surface area contributed by atoms with Crippen molar-refractivity contribution in [3.8, 4) is 11.8 Å². The Balaban J connectivity index is 1.68. The second-order valence-corrected chi connectivity index (χ2v) is 8.62. The summed E-state index contributed by atoms with van der Waals surface area (Å²) in [5.41, 5.74) is 2.91. The lowest BCUT2D eigenvalue weighted by Gasteiger charge is -2.19. The van der Waals surface area contributed by atoms with E-state index in [1.54, 1.807) is 13.0 Å². The molecule has 0 amide bonds. The Morgan fingerprint density at radius 2 is 2.17 bits per heavy atom. The van der Waals surface area contributed by atoms with Gasteiger partial charge in [0.25, 0.3) is 0 Å². The molecule has 0 aromatic heterocycles. The molecule has 0 aliphatic heterocycles. The van der Waals surface area contributed by atoms with E-state index in [0.717, 1.165) is 24.8 Å². The van der Waals surface area contributed by atoms with Crippen molar-refractivity contribution in [1.29, 1.82) is 0 Å². The molecule has 0 bridgehead atoms. The SMILES string of the molecule is CC#CCC(C)C(O)/C=C/C1C(O)CC2C/C(=C\c3cccc(C(=O)OC)c3)CC21. The number of ether oxygens (including phenoxy) is 1. The monoisotopic (exact) mass is 408 g/mol. The first-order valence-electron chi connectivity index (χ1n) is 10.7. The van der Waals surface area contributed by atoms with E-state index in [0.29, 0.717) is 23.8 Å². The van der Waals surface area contributed by atoms with Gasteiger partial charge in [0.05, 0.1) is 24.9 Å². The number of esters is 1. The van der Waals surface area contributed by atoms with Crippen LogP contribution in [-0.4, -0.2) is 35.5 Å². The molecule has 30 heavy (non-hydrogen) atoms. The molecule has 4 nitrogen and oxygen atoms in total. The van der Waals surface area contributed by atoms with Gasteiger partial charge in [-0.1, -0.05) is 42.9 Å². The van der Waals surface area contributed by atoms with Gasteiger partial charge in [0, 0.05) is 12.3 Å². The van der Waals surface area contributed by atoms with E-state index in [2.05, 4.69) is 17.9 Å². The highest BCUT2D eigenvalue weighted by Crippen LogP contribution is 2.50. The Morgan fingerprint density at radius 3 is 2.90 bits per heavy atom. The van der Waals surface area contributed by atoms with Crippen LogP contribution >= 0.6 is 0 Å². The average Bonchev–Trinajstić information content (AvgIpc) is 3.25. The van der Waals surface area contributed by atoms with Crippen molar-refractivity contribution in [2.45, 2.75) is 51.7 Å². The lowest BCUT2D eigenvalue weighted by Crippen LogP contribution is -2.19. The molecule has 6 unspecified atom stereocenters. The maximum Gasteiger partial charge on any atom is 0.337 e. The van der Waals surface area contributed by atoms with Crippen molar-refractivity contribution < 1.29 is 19.7 Å². The van der Waals surface area contributed by atoms with Crippen molar-refractivity contribution >= 4 is 12.0 Å². The molecule has 2 fully saturated rings. The van der Waals surface area contributed by atoms with E-state index in [-0.39, 0.29) is 23.9 Å². The molecule has 2 saturated carbocycles. The van der Waals surface area contributed by atoms with Crippen LogP contribution in [0.1, 0.15) is 55.5 Å². The maximum absolute atomic E-state index is 11.8. The Hall–Kier alpha value is -2.35. The van der Waals surface area contributed by atoms with Gasteiger partial charge in [0.15, 0.2) is 0 Å². The van der Waals surface area contributed by atoms with Crippen molar-refractivity contribution in [2.75, 3.05) is 7.11 Å². The van der Waals surface area contributed by atoms with E-state index in [1.165, 1.54) is 12.7 Å². The van der Waals surface area contributed by atoms with E-state index in [9.17, 15) is 15.0 Å². The maximum atomic E-state index is 11.8. The molecule has 6 atom stereocenters. The van der Waals surface area contributed by atoms with Crippen LogP contribution in [-0.2, 0) is 4.74 Å². The van der Waals surface area contributed by atoms with Crippen LogP contribution in [0.25, 0.3) is 6.08 Å². The van der Waals surface area contributed by atoms with Crippen molar-refractivity contribution in [3.63, 3.8) is 0 Å². The number of aliphatic hydroxyl groups excluding tert-OH is 2. The molecule has 4 heteroatoms. The minimum atomic E-state index is -0.547. The van der Waals surface area contributed by atoms with Crippen LogP contribution in [0.4, 0.5) is 0 Å². The number of methoxy groups -OCH3 is 1. The van der Waals surface area contributed by atoms with E-state index in [1.807, 2.05) is 37.3 Å². The molecule has 1 aromatic carbocycles. The number of hydrogen-bond donors (Lipinski definition) is 2. The third-order valence-corrected chi connectivity index (χ3v) is 6.50. The van der Waals surface area contributed by atoms with Crippen LogP contribution in [0.2, 0.25) is 0 Å². The fourth-order valence-corrected chi connectivity index (χ4v) is 4.82. The molecule has 160 valence electrons. The molecule has 3 rings (SSSR count). The van der Waals surface area contributed by atoms with Gasteiger partial charge in [-0.2, -0.15) is 0 Å². The third-order valence-electron chi connectivity index (χ3n) is 6.50. The fraction of sp³-hybridized carbons (Fsp3) is 0.500. The van der Waals surface area contributed by atoms with Crippen molar-refractivity contribution in [1.82, 2.24) is 0 Å². The number of fused-ring (bicyclic) bond motifs is 1. The molecule has 0 heterocycles. The van der Waals surface area contributed by atoms with Gasteiger partial charge in [-0.15, -0.1) is 11.8 Å². The molecular weight excluding hydrogens is 376 g/mol. The normalized spacial score (nSPS) is 28.8. The molecular formula is C26H32O4. The first-order chi connectivity index (χ1) is 14.4. The van der Waals surface area contributed by atoms with Crippen LogP contribution in [0.5, 0.6) is 0 Å². The topological polar surface area (TPSA) is 66.8 Å². The molecule has 2 N–H and O–H groups in total. The Kier molecular flexibility index (Phi) is 7.53. The summed E-state index contributed by atoms with van der Waals surface area (Å²) in [5.74, 6) is 6.56. The zero-order chi connectivity index (χ0) is 21.7. The van der Waals surface area contributed by atoms with Gasteiger partial charge >= 0.3 is 5.97 Å². The van der Waals surface area contributed by atoms with Gasteiger partial charge < -0.3 is 14.9 Å². The standard InChI is InChI=1S/C26H32O4/c1-4-5-7-17(2)24(27)11-10-22-23-15-19(14-21(23)16-25(22)28)12-18-8-6-9-20(13-18)26(29)30-3/h6,8-13,17,21-25,27-28H,7,14-16H2,1-3H3/b11-10+,19-12+. The van der Waals surface area contributed by atoms with Gasteiger partial charge in [-0.3, -0.25) is 0 Å². The summed E-state index contributed by atoms with van der Waals surface area (Å²) < 4.78 is 4.81. The molecule has 2 aliphatic rings. The summed E-state index contributed by atoms with van der Waals surface area (Å²) in [6.45, 7) is 3.80. The molecule has 0 spiro atoms. The van der Waals surface area contributed by atoms with Gasteiger partial charge in [0.2, 0.25) is 0 Å². The van der Waals surface area contributed by atoms with Crippen LogP contribution in [0.15, 0.2) is 42.0 Å². The number of carbonyl (C=O) groups excluding carboxylic acids is 1. The van der Waals surface area contributed by atoms with E-state index < -0.39 is 6.10 Å². The lowest BCUT2D eigenvalue weighted by molar-refractivity contribution is 0.0600. The van der Waals surface area contributed by atoms with Gasteiger partial charge in [-0.25, -0.2) is 4.79 Å². The molecule has 1 aromatic rings. The summed E-state index contributed by atoms with van der Waals surface area (Å²) in [5, 5.41) is 20.9. The van der Waals surface area contributed by atoms with Crippen LogP contribution in [0.3, 0.4) is 0 Å². The number of allylic oxidation sites excluding steroid dienone is 1. The molecule has 0 saturated heterocycles. The molecule has 2 aliphatic carbocycles. The first kappa shape index (κ1) is 22.3. The van der Waals surface area contributed by atoms with Crippen molar-refractivity contribution in [2.24, 2.45) is 23.7 Å². The zero-order valence-electron chi connectivity index (χ0n) is 18.0. The number of carbonyl (C=O) groups is 1. The fourth-order valence-electron chi connectivity index (χ4n) is 4.82. The van der Waals surface area contributed by atoms with E-state index in [4.69, 9.17) is 4.74 Å². The second kappa shape index (κ2) is 10.1. The summed E-state index contributed by atoms with van der Waals surface area (Å²) >= 11 is 0. The zero-order valence-corrected chi connectivity index (χ0v) is 18.0. The third kappa shape index (κ3) is 5.22. The number of aliphatic hydroxyl groups is 2. The van der Waals surface area contributed by atoms with Crippen molar-refractivity contribution in [3.05, 3.63) is 53.1 Å². The first-order valence-corrected chi connectivity index (χ1v) is 10.7. The number of rotatable bonds is 6. The quantitative estimate of drug-likeness (QED) is 0.420. The minimum Gasteiger partial charge on any atom is -0.465 e. The highest BCUT2D eigenvalue weighted by atomic mass is 16.5. The minimum absolute atomic E-state index is 0.0708. The Bertz CT molecular complexity index is 873. The van der Waals surface area contributed by atoms with E-state index >= 15 is 0 Å². The summed E-state index contributed by atoms with van der Waals surface area (Å²) in [7, 11) is 1.39. The van der Waals surface area contributed by atoms with Gasteiger partial charge in [0.1, 0.15) is 0 Å². The van der Waals surface area contributed by atoms with Crippen LogP contribution in [0, 0.1) is 35.5 Å².